The Morgan fingerprint density at radius 3 is 2.36 bits per heavy atom. The van der Waals surface area contributed by atoms with Gasteiger partial charge < -0.3 is 10.1 Å². The number of benzene rings is 3. The maximum absolute atomic E-state index is 12.8. The molecule has 3 heteroatoms. The highest BCUT2D eigenvalue weighted by atomic mass is 16.5. The van der Waals surface area contributed by atoms with Gasteiger partial charge in [0.15, 0.2) is 0 Å². The fourth-order valence-electron chi connectivity index (χ4n) is 3.16. The van der Waals surface area contributed by atoms with Crippen LogP contribution < -0.4 is 10.1 Å². The molecule has 0 radical (unpaired) electrons. The highest BCUT2D eigenvalue weighted by Crippen LogP contribution is 2.17. The van der Waals surface area contributed by atoms with Crippen molar-refractivity contribution >= 4 is 5.91 Å². The second kappa shape index (κ2) is 9.75. The fourth-order valence-corrected chi connectivity index (χ4v) is 3.16. The molecular formula is C25H27NO2. The monoisotopic (exact) mass is 373 g/mol. The molecule has 0 saturated carbocycles. The van der Waals surface area contributed by atoms with E-state index in [1.165, 1.54) is 5.56 Å². The Labute approximate surface area is 167 Å². The van der Waals surface area contributed by atoms with Crippen LogP contribution in [0.2, 0.25) is 0 Å². The van der Waals surface area contributed by atoms with Crippen LogP contribution in [-0.4, -0.2) is 18.6 Å². The SMILES string of the molecule is Cc1ccccc1OC[C@@H](C)NC(=O)c1ccccc1CCc1ccccc1. The summed E-state index contributed by atoms with van der Waals surface area (Å²) >= 11 is 0. The van der Waals surface area contributed by atoms with Crippen LogP contribution in [-0.2, 0) is 12.8 Å². The van der Waals surface area contributed by atoms with Crippen LogP contribution in [0, 0.1) is 6.92 Å². The number of hydrogen-bond acceptors (Lipinski definition) is 2. The first kappa shape index (κ1) is 19.7. The normalized spacial score (nSPS) is 11.6. The van der Waals surface area contributed by atoms with E-state index in [0.29, 0.717) is 6.61 Å². The molecule has 1 amide bonds. The maximum atomic E-state index is 12.8. The molecular weight excluding hydrogens is 346 g/mol. The molecule has 0 aliphatic heterocycles. The molecule has 0 aromatic heterocycles. The molecule has 0 saturated heterocycles. The molecule has 0 aliphatic rings. The van der Waals surface area contributed by atoms with Gasteiger partial charge in [-0.1, -0.05) is 66.7 Å². The van der Waals surface area contributed by atoms with Gasteiger partial charge in [0, 0.05) is 5.56 Å². The zero-order valence-corrected chi connectivity index (χ0v) is 16.5. The predicted octanol–water partition coefficient (Wildman–Crippen LogP) is 4.98. The highest BCUT2D eigenvalue weighted by molar-refractivity contribution is 5.95. The van der Waals surface area contributed by atoms with E-state index in [0.717, 1.165) is 35.3 Å². The standard InChI is InChI=1S/C25H27NO2/c1-19-10-6-9-15-24(19)28-18-20(2)26-25(27)23-14-8-7-13-22(23)17-16-21-11-4-3-5-12-21/h3-15,20H,16-18H2,1-2H3,(H,26,27)/t20-/m1/s1. The van der Waals surface area contributed by atoms with Crippen LogP contribution in [0.15, 0.2) is 78.9 Å². The van der Waals surface area contributed by atoms with Gasteiger partial charge in [-0.25, -0.2) is 0 Å². The average molecular weight is 373 g/mol. The Balaban J connectivity index is 1.58. The Morgan fingerprint density at radius 1 is 0.893 bits per heavy atom. The Kier molecular flexibility index (Phi) is 6.85. The second-order valence-electron chi connectivity index (χ2n) is 7.09. The molecule has 0 bridgehead atoms. The van der Waals surface area contributed by atoms with Crippen LogP contribution in [0.4, 0.5) is 0 Å². The third kappa shape index (κ3) is 5.46. The van der Waals surface area contributed by atoms with Gasteiger partial charge >= 0.3 is 0 Å². The van der Waals surface area contributed by atoms with Gasteiger partial charge in [0.25, 0.3) is 5.91 Å². The van der Waals surface area contributed by atoms with E-state index in [2.05, 4.69) is 17.4 Å². The topological polar surface area (TPSA) is 38.3 Å². The molecule has 0 unspecified atom stereocenters. The van der Waals surface area contributed by atoms with E-state index in [1.807, 2.05) is 80.6 Å². The first-order valence-corrected chi connectivity index (χ1v) is 9.74. The van der Waals surface area contributed by atoms with Crippen molar-refractivity contribution in [1.82, 2.24) is 5.32 Å². The molecule has 1 N–H and O–H groups in total. The number of carbonyl (C=O) groups is 1. The Morgan fingerprint density at radius 2 is 1.57 bits per heavy atom. The largest absolute Gasteiger partial charge is 0.491 e. The minimum Gasteiger partial charge on any atom is -0.491 e. The van der Waals surface area contributed by atoms with Crippen molar-refractivity contribution in [2.45, 2.75) is 32.7 Å². The lowest BCUT2D eigenvalue weighted by Crippen LogP contribution is -2.37. The number of nitrogens with one attached hydrogen (secondary N) is 1. The number of aryl methyl sites for hydroxylation is 3. The zero-order chi connectivity index (χ0) is 19.8. The molecule has 0 aliphatic carbocycles. The van der Waals surface area contributed by atoms with E-state index < -0.39 is 0 Å². The first-order valence-electron chi connectivity index (χ1n) is 9.74. The van der Waals surface area contributed by atoms with Crippen molar-refractivity contribution in [3.05, 3.63) is 101 Å². The smallest absolute Gasteiger partial charge is 0.251 e. The van der Waals surface area contributed by atoms with Crippen LogP contribution in [0.1, 0.15) is 34.0 Å². The van der Waals surface area contributed by atoms with Gasteiger partial charge in [0.1, 0.15) is 12.4 Å². The second-order valence-corrected chi connectivity index (χ2v) is 7.09. The van der Waals surface area contributed by atoms with Crippen molar-refractivity contribution in [2.75, 3.05) is 6.61 Å². The van der Waals surface area contributed by atoms with Gasteiger partial charge in [-0.3, -0.25) is 4.79 Å². The van der Waals surface area contributed by atoms with Crippen molar-refractivity contribution in [3.63, 3.8) is 0 Å². The lowest BCUT2D eigenvalue weighted by Gasteiger charge is -2.17. The lowest BCUT2D eigenvalue weighted by molar-refractivity contribution is 0.0925. The van der Waals surface area contributed by atoms with Crippen molar-refractivity contribution in [2.24, 2.45) is 0 Å². The summed E-state index contributed by atoms with van der Waals surface area (Å²) in [5.74, 6) is 0.802. The van der Waals surface area contributed by atoms with Gasteiger partial charge in [-0.2, -0.15) is 0 Å². The number of carbonyl (C=O) groups excluding carboxylic acids is 1. The summed E-state index contributed by atoms with van der Waals surface area (Å²) < 4.78 is 5.86. The highest BCUT2D eigenvalue weighted by Gasteiger charge is 2.14. The molecule has 3 aromatic carbocycles. The molecule has 0 heterocycles. The summed E-state index contributed by atoms with van der Waals surface area (Å²) in [6.07, 6.45) is 1.75. The minimum absolute atomic E-state index is 0.0513. The zero-order valence-electron chi connectivity index (χ0n) is 16.5. The van der Waals surface area contributed by atoms with E-state index in [-0.39, 0.29) is 11.9 Å². The van der Waals surface area contributed by atoms with E-state index >= 15 is 0 Å². The van der Waals surface area contributed by atoms with E-state index in [9.17, 15) is 4.79 Å². The molecule has 3 nitrogen and oxygen atoms in total. The van der Waals surface area contributed by atoms with Crippen LogP contribution in [0.3, 0.4) is 0 Å². The number of para-hydroxylation sites is 1. The third-order valence-corrected chi connectivity index (χ3v) is 4.75. The molecule has 3 aromatic rings. The number of rotatable bonds is 8. The molecule has 0 spiro atoms. The number of hydrogen-bond donors (Lipinski definition) is 1. The van der Waals surface area contributed by atoms with Crippen molar-refractivity contribution < 1.29 is 9.53 Å². The summed E-state index contributed by atoms with van der Waals surface area (Å²) in [6.45, 7) is 4.41. The Bertz CT molecular complexity index is 905. The van der Waals surface area contributed by atoms with Gasteiger partial charge in [0.2, 0.25) is 0 Å². The van der Waals surface area contributed by atoms with Crippen molar-refractivity contribution in [3.8, 4) is 5.75 Å². The molecule has 3 rings (SSSR count). The molecule has 0 fully saturated rings. The van der Waals surface area contributed by atoms with Gasteiger partial charge in [-0.05, 0) is 55.5 Å². The van der Waals surface area contributed by atoms with Crippen molar-refractivity contribution in [1.29, 1.82) is 0 Å². The Hall–Kier alpha value is -3.07. The predicted molar refractivity (Wildman–Crippen MR) is 114 cm³/mol. The van der Waals surface area contributed by atoms with E-state index in [4.69, 9.17) is 4.74 Å². The van der Waals surface area contributed by atoms with Crippen LogP contribution >= 0.6 is 0 Å². The summed E-state index contributed by atoms with van der Waals surface area (Å²) in [6, 6.07) is 26.0. The van der Waals surface area contributed by atoms with Gasteiger partial charge in [-0.15, -0.1) is 0 Å². The minimum atomic E-state index is -0.0886. The van der Waals surface area contributed by atoms with Crippen LogP contribution in [0.5, 0.6) is 5.75 Å². The number of ether oxygens (including phenoxy) is 1. The quantitative estimate of drug-likeness (QED) is 0.605. The van der Waals surface area contributed by atoms with E-state index in [1.54, 1.807) is 0 Å². The maximum Gasteiger partial charge on any atom is 0.251 e. The average Bonchev–Trinajstić information content (AvgIpc) is 2.72. The molecule has 1 atom stereocenters. The number of amides is 1. The molecule has 144 valence electrons. The first-order chi connectivity index (χ1) is 13.6. The van der Waals surface area contributed by atoms with Gasteiger partial charge in [0.05, 0.1) is 6.04 Å². The summed E-state index contributed by atoms with van der Waals surface area (Å²) in [5.41, 5.74) is 4.17. The summed E-state index contributed by atoms with van der Waals surface area (Å²) in [5, 5.41) is 3.06. The third-order valence-electron chi connectivity index (χ3n) is 4.75. The molecule has 28 heavy (non-hydrogen) atoms. The lowest BCUT2D eigenvalue weighted by atomic mass is 9.99. The fraction of sp³-hybridized carbons (Fsp3) is 0.240. The summed E-state index contributed by atoms with van der Waals surface area (Å²) in [4.78, 5) is 12.8. The van der Waals surface area contributed by atoms with Crippen LogP contribution in [0.25, 0.3) is 0 Å². The summed E-state index contributed by atoms with van der Waals surface area (Å²) in [7, 11) is 0.